The number of hydrogen-bond donors (Lipinski definition) is 1. The highest BCUT2D eigenvalue weighted by Crippen LogP contribution is 2.08. The molecule has 1 aliphatic heterocycles. The topological polar surface area (TPSA) is 60.9 Å². The van der Waals surface area contributed by atoms with Gasteiger partial charge in [0, 0.05) is 32.2 Å². The second kappa shape index (κ2) is 4.57. The van der Waals surface area contributed by atoms with Gasteiger partial charge in [0.25, 0.3) is 0 Å². The fraction of sp³-hybridized carbons (Fsp3) is 1.00. The van der Waals surface area contributed by atoms with Crippen molar-refractivity contribution in [3.8, 4) is 0 Å². The molecule has 1 aliphatic rings. The smallest absolute Gasteiger partial charge is 0.211 e. The number of aliphatic hydroxyl groups excluding tert-OH is 1. The molecule has 1 rings (SSSR count). The summed E-state index contributed by atoms with van der Waals surface area (Å²) in [5.41, 5.74) is 0. The van der Waals surface area contributed by atoms with E-state index in [1.165, 1.54) is 10.6 Å². The van der Waals surface area contributed by atoms with Crippen LogP contribution in [0.15, 0.2) is 0 Å². The minimum Gasteiger partial charge on any atom is -0.395 e. The summed E-state index contributed by atoms with van der Waals surface area (Å²) in [6, 6.07) is 0.122. The maximum atomic E-state index is 11.2. The summed E-state index contributed by atoms with van der Waals surface area (Å²) in [5.74, 6) is 0. The van der Waals surface area contributed by atoms with Crippen molar-refractivity contribution in [3.05, 3.63) is 0 Å². The minimum atomic E-state index is -3.04. The van der Waals surface area contributed by atoms with Crippen molar-refractivity contribution in [3.63, 3.8) is 0 Å². The van der Waals surface area contributed by atoms with Gasteiger partial charge >= 0.3 is 0 Å². The third-order valence-electron chi connectivity index (χ3n) is 2.63. The van der Waals surface area contributed by atoms with Crippen LogP contribution in [0.5, 0.6) is 0 Å². The Kier molecular flexibility index (Phi) is 3.88. The van der Waals surface area contributed by atoms with E-state index in [9.17, 15) is 8.42 Å². The molecule has 14 heavy (non-hydrogen) atoms. The van der Waals surface area contributed by atoms with Gasteiger partial charge in [0.1, 0.15) is 0 Å². The first kappa shape index (κ1) is 11.9. The van der Waals surface area contributed by atoms with Crippen LogP contribution in [0.3, 0.4) is 0 Å². The number of nitrogens with zero attached hydrogens (tertiary/aromatic N) is 2. The van der Waals surface area contributed by atoms with Gasteiger partial charge in [-0.25, -0.2) is 8.42 Å². The lowest BCUT2D eigenvalue weighted by Crippen LogP contribution is -2.51. The molecule has 1 N–H and O–H groups in total. The first-order chi connectivity index (χ1) is 6.45. The number of rotatable bonds is 3. The third kappa shape index (κ3) is 2.91. The van der Waals surface area contributed by atoms with E-state index < -0.39 is 10.0 Å². The Morgan fingerprint density at radius 1 is 1.29 bits per heavy atom. The van der Waals surface area contributed by atoms with Crippen molar-refractivity contribution >= 4 is 10.0 Å². The molecular weight excluding hydrogens is 204 g/mol. The number of piperazine rings is 1. The Labute approximate surface area is 85.4 Å². The monoisotopic (exact) mass is 222 g/mol. The molecule has 84 valence electrons. The summed E-state index contributed by atoms with van der Waals surface area (Å²) in [6.07, 6.45) is 1.23. The van der Waals surface area contributed by atoms with E-state index in [0.29, 0.717) is 26.2 Å². The first-order valence-electron chi connectivity index (χ1n) is 4.75. The SMILES string of the molecule is CC(CO)N1CCN(S(C)(=O)=O)CC1. The molecule has 0 bridgehead atoms. The van der Waals surface area contributed by atoms with E-state index in [1.807, 2.05) is 6.92 Å². The Morgan fingerprint density at radius 2 is 1.79 bits per heavy atom. The lowest BCUT2D eigenvalue weighted by molar-refractivity contribution is 0.100. The van der Waals surface area contributed by atoms with E-state index in [2.05, 4.69) is 4.90 Å². The number of aliphatic hydroxyl groups is 1. The highest BCUT2D eigenvalue weighted by molar-refractivity contribution is 7.88. The molecule has 1 heterocycles. The zero-order valence-corrected chi connectivity index (χ0v) is 9.50. The molecule has 1 saturated heterocycles. The van der Waals surface area contributed by atoms with Crippen LogP contribution in [0.4, 0.5) is 0 Å². The van der Waals surface area contributed by atoms with Crippen molar-refractivity contribution in [1.82, 2.24) is 9.21 Å². The molecule has 0 saturated carbocycles. The molecule has 0 spiro atoms. The van der Waals surface area contributed by atoms with Crippen LogP contribution in [0.1, 0.15) is 6.92 Å². The molecule has 0 amide bonds. The van der Waals surface area contributed by atoms with Gasteiger partial charge < -0.3 is 5.11 Å². The van der Waals surface area contributed by atoms with Gasteiger partial charge in [-0.15, -0.1) is 0 Å². The maximum Gasteiger partial charge on any atom is 0.211 e. The highest BCUT2D eigenvalue weighted by atomic mass is 32.2. The van der Waals surface area contributed by atoms with Gasteiger partial charge in [0.15, 0.2) is 0 Å². The van der Waals surface area contributed by atoms with Crippen LogP contribution in [0.2, 0.25) is 0 Å². The van der Waals surface area contributed by atoms with Crippen molar-refractivity contribution < 1.29 is 13.5 Å². The summed E-state index contributed by atoms with van der Waals surface area (Å²) in [6.45, 7) is 4.53. The van der Waals surface area contributed by atoms with Crippen molar-refractivity contribution in [2.75, 3.05) is 39.0 Å². The average molecular weight is 222 g/mol. The molecule has 1 fully saturated rings. The van der Waals surface area contributed by atoms with Gasteiger partial charge in [-0.1, -0.05) is 0 Å². The van der Waals surface area contributed by atoms with Gasteiger partial charge in [-0.2, -0.15) is 4.31 Å². The van der Waals surface area contributed by atoms with Gasteiger partial charge in [0.2, 0.25) is 10.0 Å². The molecule has 6 heteroatoms. The van der Waals surface area contributed by atoms with E-state index in [1.54, 1.807) is 0 Å². The standard InChI is InChI=1S/C8H18N2O3S/c1-8(7-11)9-3-5-10(6-4-9)14(2,12)13/h8,11H,3-7H2,1-2H3. The summed E-state index contributed by atoms with van der Waals surface area (Å²) in [7, 11) is -3.04. The summed E-state index contributed by atoms with van der Waals surface area (Å²) < 4.78 is 23.9. The van der Waals surface area contributed by atoms with E-state index >= 15 is 0 Å². The predicted octanol–water partition coefficient (Wildman–Crippen LogP) is -1.06. The van der Waals surface area contributed by atoms with Gasteiger partial charge in [-0.05, 0) is 6.92 Å². The number of sulfonamides is 1. The molecule has 1 atom stereocenters. The van der Waals surface area contributed by atoms with Crippen LogP contribution in [-0.2, 0) is 10.0 Å². The second-order valence-corrected chi connectivity index (χ2v) is 5.71. The second-order valence-electron chi connectivity index (χ2n) is 3.73. The Morgan fingerprint density at radius 3 is 2.14 bits per heavy atom. The molecule has 0 aromatic heterocycles. The molecule has 0 aromatic rings. The van der Waals surface area contributed by atoms with Gasteiger partial charge in [-0.3, -0.25) is 4.90 Å². The van der Waals surface area contributed by atoms with Crippen LogP contribution in [-0.4, -0.2) is 67.8 Å². The summed E-state index contributed by atoms with van der Waals surface area (Å²) in [5, 5.41) is 8.94. The Hall–Kier alpha value is -0.170. The van der Waals surface area contributed by atoms with Crippen molar-refractivity contribution in [1.29, 1.82) is 0 Å². The molecule has 0 aliphatic carbocycles. The zero-order valence-electron chi connectivity index (χ0n) is 8.68. The van der Waals surface area contributed by atoms with E-state index in [4.69, 9.17) is 5.11 Å². The molecular formula is C8H18N2O3S. The Balaban J connectivity index is 2.47. The lowest BCUT2D eigenvalue weighted by atomic mass is 10.2. The zero-order chi connectivity index (χ0) is 10.8. The summed E-state index contributed by atoms with van der Waals surface area (Å²) >= 11 is 0. The Bertz CT molecular complexity index is 270. The number of hydrogen-bond acceptors (Lipinski definition) is 4. The minimum absolute atomic E-state index is 0.122. The van der Waals surface area contributed by atoms with Crippen LogP contribution < -0.4 is 0 Å². The quantitative estimate of drug-likeness (QED) is 0.661. The molecule has 0 aromatic carbocycles. The molecule has 1 unspecified atom stereocenters. The highest BCUT2D eigenvalue weighted by Gasteiger charge is 2.25. The maximum absolute atomic E-state index is 11.2. The fourth-order valence-corrected chi connectivity index (χ4v) is 2.42. The first-order valence-corrected chi connectivity index (χ1v) is 6.60. The third-order valence-corrected chi connectivity index (χ3v) is 3.93. The van der Waals surface area contributed by atoms with Gasteiger partial charge in [0.05, 0.1) is 12.9 Å². The van der Waals surface area contributed by atoms with Crippen molar-refractivity contribution in [2.24, 2.45) is 0 Å². The van der Waals surface area contributed by atoms with Crippen LogP contribution in [0.25, 0.3) is 0 Å². The van der Waals surface area contributed by atoms with Crippen LogP contribution >= 0.6 is 0 Å². The average Bonchev–Trinajstić information content (AvgIpc) is 2.15. The molecule has 5 nitrogen and oxygen atoms in total. The van der Waals surface area contributed by atoms with E-state index in [0.717, 1.165) is 0 Å². The summed E-state index contributed by atoms with van der Waals surface area (Å²) in [4.78, 5) is 2.10. The fourth-order valence-electron chi connectivity index (χ4n) is 1.59. The lowest BCUT2D eigenvalue weighted by Gasteiger charge is -2.36. The van der Waals surface area contributed by atoms with Crippen LogP contribution in [0, 0.1) is 0 Å². The largest absolute Gasteiger partial charge is 0.395 e. The van der Waals surface area contributed by atoms with Crippen molar-refractivity contribution in [2.45, 2.75) is 13.0 Å². The normalized spacial score (nSPS) is 23.6. The predicted molar refractivity (Wildman–Crippen MR) is 54.5 cm³/mol. The van der Waals surface area contributed by atoms with E-state index in [-0.39, 0.29) is 12.6 Å². The molecule has 0 radical (unpaired) electrons.